The number of allylic oxidation sites excluding steroid dienone is 2. The zero-order valence-corrected chi connectivity index (χ0v) is 18.7. The van der Waals surface area contributed by atoms with Crippen LogP contribution < -0.4 is 10.1 Å². The summed E-state index contributed by atoms with van der Waals surface area (Å²) in [5, 5.41) is 14.9. The molecule has 2 aliphatic rings. The van der Waals surface area contributed by atoms with E-state index in [1.807, 2.05) is 12.1 Å². The molecule has 2 aromatic carbocycles. The number of aryl methyl sites for hydroxylation is 1. The fourth-order valence-corrected chi connectivity index (χ4v) is 5.58. The Labute approximate surface area is 184 Å². The normalized spacial score (nSPS) is 22.5. The number of fused-ring (bicyclic) bond motifs is 2. The highest BCUT2D eigenvalue weighted by atomic mass is 16.6. The molecule has 0 fully saturated rings. The zero-order chi connectivity index (χ0) is 22.0. The van der Waals surface area contributed by atoms with Crippen LogP contribution in [0.1, 0.15) is 57.1 Å². The number of hydrogen-bond acceptors (Lipinski definition) is 4. The number of benzene rings is 2. The molecule has 2 atom stereocenters. The van der Waals surface area contributed by atoms with Crippen LogP contribution in [-0.2, 0) is 6.42 Å². The Morgan fingerprint density at radius 3 is 2.74 bits per heavy atom. The summed E-state index contributed by atoms with van der Waals surface area (Å²) in [6, 6.07) is 13.5. The summed E-state index contributed by atoms with van der Waals surface area (Å²) >= 11 is 0. The number of anilines is 1. The van der Waals surface area contributed by atoms with Crippen molar-refractivity contribution in [2.24, 2.45) is 11.3 Å². The summed E-state index contributed by atoms with van der Waals surface area (Å²) in [6.07, 6.45) is 6.58. The standard InChI is InChI=1S/C26H32N2O3/c1-4-7-23-22-12-10-18-16-19(31-3)11-13-20(18)21(22)14-15-26(23,2)17-27-24-8-5-6-9-25(24)28(29)30/h5-6,8-9,11,13,16,23,27H,4,7,10,12,14-15,17H2,1-3H3/t23-,26+/m0/s1. The van der Waals surface area contributed by atoms with Gasteiger partial charge in [0.1, 0.15) is 11.4 Å². The molecule has 0 unspecified atom stereocenters. The molecule has 2 aromatic rings. The van der Waals surface area contributed by atoms with Gasteiger partial charge in [-0.15, -0.1) is 0 Å². The molecule has 0 spiro atoms. The van der Waals surface area contributed by atoms with Crippen molar-refractivity contribution < 1.29 is 9.66 Å². The molecule has 0 radical (unpaired) electrons. The Bertz CT molecular complexity index is 1010. The number of nitrogens with zero attached hydrogens (tertiary/aromatic N) is 1. The number of nitro groups is 1. The van der Waals surface area contributed by atoms with E-state index in [-0.39, 0.29) is 16.0 Å². The summed E-state index contributed by atoms with van der Waals surface area (Å²) in [6.45, 7) is 5.36. The summed E-state index contributed by atoms with van der Waals surface area (Å²) in [5.41, 5.74) is 6.77. The van der Waals surface area contributed by atoms with Crippen LogP contribution in [0.3, 0.4) is 0 Å². The fraction of sp³-hybridized carbons (Fsp3) is 0.462. The van der Waals surface area contributed by atoms with Gasteiger partial charge in [0.15, 0.2) is 0 Å². The lowest BCUT2D eigenvalue weighted by Crippen LogP contribution is -2.39. The molecule has 0 saturated heterocycles. The van der Waals surface area contributed by atoms with Crippen LogP contribution in [0, 0.1) is 21.4 Å². The van der Waals surface area contributed by atoms with E-state index in [0.29, 0.717) is 11.6 Å². The summed E-state index contributed by atoms with van der Waals surface area (Å²) in [5.74, 6) is 1.42. The fourth-order valence-electron chi connectivity index (χ4n) is 5.58. The van der Waals surface area contributed by atoms with Crippen LogP contribution in [0.5, 0.6) is 5.75 Å². The van der Waals surface area contributed by atoms with Gasteiger partial charge in [0, 0.05) is 12.6 Å². The second-order valence-corrected chi connectivity index (χ2v) is 9.15. The first kappa shape index (κ1) is 21.4. The Hall–Kier alpha value is -2.82. The van der Waals surface area contributed by atoms with Gasteiger partial charge in [-0.25, -0.2) is 0 Å². The van der Waals surface area contributed by atoms with Gasteiger partial charge in [0.25, 0.3) is 5.69 Å². The molecule has 0 amide bonds. The molecule has 0 aromatic heterocycles. The predicted octanol–water partition coefficient (Wildman–Crippen LogP) is 6.63. The number of nitrogens with one attached hydrogen (secondary N) is 1. The van der Waals surface area contributed by atoms with Crippen LogP contribution in [-0.4, -0.2) is 18.6 Å². The van der Waals surface area contributed by atoms with E-state index in [9.17, 15) is 10.1 Å². The Morgan fingerprint density at radius 1 is 1.19 bits per heavy atom. The number of methoxy groups -OCH3 is 1. The van der Waals surface area contributed by atoms with E-state index in [2.05, 4.69) is 37.4 Å². The smallest absolute Gasteiger partial charge is 0.292 e. The Morgan fingerprint density at radius 2 is 2.00 bits per heavy atom. The maximum atomic E-state index is 11.4. The largest absolute Gasteiger partial charge is 0.497 e. The second kappa shape index (κ2) is 8.74. The predicted molar refractivity (Wildman–Crippen MR) is 126 cm³/mol. The van der Waals surface area contributed by atoms with Gasteiger partial charge in [-0.3, -0.25) is 10.1 Å². The van der Waals surface area contributed by atoms with E-state index in [0.717, 1.165) is 50.8 Å². The highest BCUT2D eigenvalue weighted by Gasteiger charge is 2.41. The molecule has 5 nitrogen and oxygen atoms in total. The number of rotatable bonds is 7. The van der Waals surface area contributed by atoms with Crippen molar-refractivity contribution in [3.63, 3.8) is 0 Å². The van der Waals surface area contributed by atoms with Crippen molar-refractivity contribution >= 4 is 16.9 Å². The van der Waals surface area contributed by atoms with E-state index in [1.54, 1.807) is 24.8 Å². The lowest BCUT2D eigenvalue weighted by molar-refractivity contribution is -0.384. The molecule has 0 saturated carbocycles. The highest BCUT2D eigenvalue weighted by molar-refractivity contribution is 5.75. The number of para-hydroxylation sites is 2. The van der Waals surface area contributed by atoms with Crippen molar-refractivity contribution in [1.29, 1.82) is 0 Å². The van der Waals surface area contributed by atoms with Crippen LogP contribution in [0.4, 0.5) is 11.4 Å². The van der Waals surface area contributed by atoms with E-state index < -0.39 is 0 Å². The van der Waals surface area contributed by atoms with Crippen molar-refractivity contribution in [2.45, 2.75) is 52.4 Å². The third kappa shape index (κ3) is 4.06. The van der Waals surface area contributed by atoms with Crippen molar-refractivity contribution in [2.75, 3.05) is 19.0 Å². The first-order valence-electron chi connectivity index (χ1n) is 11.3. The van der Waals surface area contributed by atoms with Crippen LogP contribution in [0.2, 0.25) is 0 Å². The third-order valence-electron chi connectivity index (χ3n) is 7.26. The van der Waals surface area contributed by atoms with Crippen LogP contribution in [0.25, 0.3) is 5.57 Å². The maximum absolute atomic E-state index is 11.4. The molecule has 1 N–H and O–H groups in total. The molecule has 0 aliphatic heterocycles. The van der Waals surface area contributed by atoms with Crippen molar-refractivity contribution in [3.8, 4) is 5.75 Å². The lowest BCUT2D eigenvalue weighted by atomic mass is 9.60. The van der Waals surface area contributed by atoms with E-state index >= 15 is 0 Å². The lowest BCUT2D eigenvalue weighted by Gasteiger charge is -2.46. The summed E-state index contributed by atoms with van der Waals surface area (Å²) < 4.78 is 5.44. The van der Waals surface area contributed by atoms with Gasteiger partial charge in [-0.05, 0) is 78.3 Å². The first-order valence-corrected chi connectivity index (χ1v) is 11.3. The summed E-state index contributed by atoms with van der Waals surface area (Å²) in [4.78, 5) is 11.1. The minimum Gasteiger partial charge on any atom is -0.497 e. The van der Waals surface area contributed by atoms with Gasteiger partial charge >= 0.3 is 0 Å². The van der Waals surface area contributed by atoms with E-state index in [1.165, 1.54) is 16.7 Å². The van der Waals surface area contributed by atoms with Crippen LogP contribution in [0.15, 0.2) is 48.0 Å². The minimum absolute atomic E-state index is 0.0720. The topological polar surface area (TPSA) is 64.4 Å². The first-order chi connectivity index (χ1) is 15.0. The molecular formula is C26H32N2O3. The molecule has 0 heterocycles. The second-order valence-electron chi connectivity index (χ2n) is 9.15. The monoisotopic (exact) mass is 420 g/mol. The van der Waals surface area contributed by atoms with Crippen molar-refractivity contribution in [1.82, 2.24) is 0 Å². The number of ether oxygens (including phenoxy) is 1. The van der Waals surface area contributed by atoms with Crippen molar-refractivity contribution in [3.05, 3.63) is 69.3 Å². The third-order valence-corrected chi connectivity index (χ3v) is 7.26. The van der Waals surface area contributed by atoms with Crippen LogP contribution >= 0.6 is 0 Å². The molecule has 0 bridgehead atoms. The molecule has 4 rings (SSSR count). The Kier molecular flexibility index (Phi) is 6.03. The van der Waals surface area contributed by atoms with Gasteiger partial charge < -0.3 is 10.1 Å². The number of hydrogen-bond donors (Lipinski definition) is 1. The average molecular weight is 421 g/mol. The highest BCUT2D eigenvalue weighted by Crippen LogP contribution is 2.52. The summed E-state index contributed by atoms with van der Waals surface area (Å²) in [7, 11) is 1.72. The molecular weight excluding hydrogens is 388 g/mol. The molecule has 164 valence electrons. The van der Waals surface area contributed by atoms with Gasteiger partial charge in [0.2, 0.25) is 0 Å². The molecule has 5 heteroatoms. The van der Waals surface area contributed by atoms with Gasteiger partial charge in [-0.2, -0.15) is 0 Å². The molecule has 2 aliphatic carbocycles. The minimum atomic E-state index is -0.304. The maximum Gasteiger partial charge on any atom is 0.292 e. The average Bonchev–Trinajstić information content (AvgIpc) is 2.79. The number of nitro benzene ring substituents is 1. The van der Waals surface area contributed by atoms with Gasteiger partial charge in [-0.1, -0.05) is 44.0 Å². The zero-order valence-electron chi connectivity index (χ0n) is 18.7. The molecule has 31 heavy (non-hydrogen) atoms. The SMILES string of the molecule is CCC[C@H]1C2=C(CC[C@]1(C)CNc1ccccc1[N+](=O)[O-])c1ccc(OC)cc1CC2. The van der Waals surface area contributed by atoms with E-state index in [4.69, 9.17) is 4.74 Å². The van der Waals surface area contributed by atoms with Gasteiger partial charge in [0.05, 0.1) is 12.0 Å². The quantitative estimate of drug-likeness (QED) is 0.403. The Balaban J connectivity index is 1.63.